The zero-order valence-corrected chi connectivity index (χ0v) is 11.3. The van der Waals surface area contributed by atoms with E-state index in [9.17, 15) is 5.11 Å². The van der Waals surface area contributed by atoms with Crippen molar-refractivity contribution < 1.29 is 9.84 Å². The SMILES string of the molecule is NCC1(C(O)C2CCCCCC2)CC2CCC1O2. The molecule has 2 aliphatic heterocycles. The van der Waals surface area contributed by atoms with Gasteiger partial charge in [-0.05, 0) is 38.0 Å². The van der Waals surface area contributed by atoms with Crippen molar-refractivity contribution in [2.45, 2.75) is 76.1 Å². The lowest BCUT2D eigenvalue weighted by Crippen LogP contribution is -2.51. The minimum atomic E-state index is -0.240. The van der Waals surface area contributed by atoms with Gasteiger partial charge in [0, 0.05) is 12.0 Å². The Hall–Kier alpha value is -0.120. The fourth-order valence-corrected chi connectivity index (χ4v) is 4.58. The van der Waals surface area contributed by atoms with Crippen LogP contribution in [0.3, 0.4) is 0 Å². The Kier molecular flexibility index (Phi) is 3.65. The van der Waals surface area contributed by atoms with Crippen molar-refractivity contribution in [2.75, 3.05) is 6.54 Å². The molecule has 2 bridgehead atoms. The molecule has 0 amide bonds. The second kappa shape index (κ2) is 5.10. The number of aliphatic hydroxyl groups excluding tert-OH is 1. The normalized spacial score (nSPS) is 43.0. The number of hydrogen-bond donors (Lipinski definition) is 2. The van der Waals surface area contributed by atoms with Crippen molar-refractivity contribution in [3.8, 4) is 0 Å². The minimum absolute atomic E-state index is 0.127. The Labute approximate surface area is 110 Å². The molecule has 1 saturated carbocycles. The summed E-state index contributed by atoms with van der Waals surface area (Å²) in [5, 5.41) is 10.9. The minimum Gasteiger partial charge on any atom is -0.392 e. The highest BCUT2D eigenvalue weighted by atomic mass is 16.5. The van der Waals surface area contributed by atoms with E-state index in [4.69, 9.17) is 10.5 Å². The second-order valence-electron chi connectivity index (χ2n) is 6.66. The molecule has 4 unspecified atom stereocenters. The van der Waals surface area contributed by atoms with E-state index in [1.165, 1.54) is 44.9 Å². The van der Waals surface area contributed by atoms with E-state index in [-0.39, 0.29) is 17.6 Å². The maximum Gasteiger partial charge on any atom is 0.0674 e. The van der Waals surface area contributed by atoms with Crippen LogP contribution in [0, 0.1) is 11.3 Å². The average Bonchev–Trinajstić information content (AvgIpc) is 2.89. The Morgan fingerprint density at radius 1 is 1.11 bits per heavy atom. The van der Waals surface area contributed by atoms with Gasteiger partial charge < -0.3 is 15.6 Å². The monoisotopic (exact) mass is 253 g/mol. The first-order valence-corrected chi connectivity index (χ1v) is 7.80. The van der Waals surface area contributed by atoms with Crippen molar-refractivity contribution >= 4 is 0 Å². The smallest absolute Gasteiger partial charge is 0.0674 e. The summed E-state index contributed by atoms with van der Waals surface area (Å²) in [4.78, 5) is 0. The fraction of sp³-hybridized carbons (Fsp3) is 1.00. The molecular weight excluding hydrogens is 226 g/mol. The molecule has 2 saturated heterocycles. The summed E-state index contributed by atoms with van der Waals surface area (Å²) in [6, 6.07) is 0. The molecular formula is C15H27NO2. The molecule has 18 heavy (non-hydrogen) atoms. The van der Waals surface area contributed by atoms with Gasteiger partial charge >= 0.3 is 0 Å². The third kappa shape index (κ3) is 2.00. The summed E-state index contributed by atoms with van der Waals surface area (Å²) < 4.78 is 5.98. The van der Waals surface area contributed by atoms with E-state index in [1.807, 2.05) is 0 Å². The highest BCUT2D eigenvalue weighted by Crippen LogP contribution is 2.51. The summed E-state index contributed by atoms with van der Waals surface area (Å²) in [7, 11) is 0. The zero-order chi connectivity index (χ0) is 12.6. The lowest BCUT2D eigenvalue weighted by atomic mass is 9.65. The summed E-state index contributed by atoms with van der Waals surface area (Å²) in [5.74, 6) is 0.457. The predicted octanol–water partition coefficient (Wildman–Crippen LogP) is 2.21. The molecule has 3 fully saturated rings. The number of aliphatic hydroxyl groups is 1. The summed E-state index contributed by atoms with van der Waals surface area (Å²) in [6.45, 7) is 0.589. The Balaban J connectivity index is 1.74. The Bertz CT molecular complexity index is 288. The third-order valence-corrected chi connectivity index (χ3v) is 5.67. The molecule has 104 valence electrons. The lowest BCUT2D eigenvalue weighted by molar-refractivity contribution is -0.0584. The van der Waals surface area contributed by atoms with Crippen LogP contribution in [0.4, 0.5) is 0 Å². The molecule has 0 aromatic carbocycles. The maximum atomic E-state index is 10.9. The van der Waals surface area contributed by atoms with Crippen LogP contribution in [0.15, 0.2) is 0 Å². The number of rotatable bonds is 3. The Morgan fingerprint density at radius 2 is 1.83 bits per heavy atom. The maximum absolute atomic E-state index is 10.9. The average molecular weight is 253 g/mol. The van der Waals surface area contributed by atoms with Gasteiger partial charge in [0.25, 0.3) is 0 Å². The Morgan fingerprint density at radius 3 is 2.33 bits per heavy atom. The molecule has 0 radical (unpaired) electrons. The first-order chi connectivity index (χ1) is 8.76. The summed E-state index contributed by atoms with van der Waals surface area (Å²) in [6.07, 6.45) is 11.2. The van der Waals surface area contributed by atoms with Crippen molar-refractivity contribution in [1.82, 2.24) is 0 Å². The van der Waals surface area contributed by atoms with E-state index in [1.54, 1.807) is 0 Å². The van der Waals surface area contributed by atoms with Gasteiger partial charge in [-0.1, -0.05) is 25.7 Å². The molecule has 3 N–H and O–H groups in total. The van der Waals surface area contributed by atoms with Crippen molar-refractivity contribution in [3.63, 3.8) is 0 Å². The van der Waals surface area contributed by atoms with Gasteiger partial charge in [0.15, 0.2) is 0 Å². The molecule has 2 heterocycles. The first kappa shape index (κ1) is 12.9. The highest BCUT2D eigenvalue weighted by molar-refractivity contribution is 5.06. The lowest BCUT2D eigenvalue weighted by Gasteiger charge is -2.42. The molecule has 3 heteroatoms. The van der Waals surface area contributed by atoms with Crippen LogP contribution < -0.4 is 5.73 Å². The molecule has 0 aromatic heterocycles. The van der Waals surface area contributed by atoms with Gasteiger partial charge in [-0.15, -0.1) is 0 Å². The highest BCUT2D eigenvalue weighted by Gasteiger charge is 2.56. The van der Waals surface area contributed by atoms with Gasteiger partial charge in [-0.2, -0.15) is 0 Å². The van der Waals surface area contributed by atoms with Gasteiger partial charge in [-0.3, -0.25) is 0 Å². The summed E-state index contributed by atoms with van der Waals surface area (Å²) >= 11 is 0. The van der Waals surface area contributed by atoms with E-state index in [0.29, 0.717) is 18.6 Å². The number of nitrogens with two attached hydrogens (primary N) is 1. The van der Waals surface area contributed by atoms with Gasteiger partial charge in [0.2, 0.25) is 0 Å². The van der Waals surface area contributed by atoms with Crippen LogP contribution in [0.5, 0.6) is 0 Å². The molecule has 0 aromatic rings. The second-order valence-corrected chi connectivity index (χ2v) is 6.66. The molecule has 1 aliphatic carbocycles. The van der Waals surface area contributed by atoms with Gasteiger partial charge in [-0.25, -0.2) is 0 Å². The molecule has 3 rings (SSSR count). The van der Waals surface area contributed by atoms with E-state index >= 15 is 0 Å². The van der Waals surface area contributed by atoms with Crippen LogP contribution in [0.25, 0.3) is 0 Å². The van der Waals surface area contributed by atoms with Crippen molar-refractivity contribution in [1.29, 1.82) is 0 Å². The van der Waals surface area contributed by atoms with Crippen LogP contribution in [0.2, 0.25) is 0 Å². The van der Waals surface area contributed by atoms with E-state index < -0.39 is 0 Å². The topological polar surface area (TPSA) is 55.5 Å². The van der Waals surface area contributed by atoms with Crippen LogP contribution in [-0.2, 0) is 4.74 Å². The number of hydrogen-bond acceptors (Lipinski definition) is 3. The van der Waals surface area contributed by atoms with Crippen molar-refractivity contribution in [2.24, 2.45) is 17.1 Å². The first-order valence-electron chi connectivity index (χ1n) is 7.80. The van der Waals surface area contributed by atoms with E-state index in [0.717, 1.165) is 12.8 Å². The summed E-state index contributed by atoms with van der Waals surface area (Å²) in [5.41, 5.74) is 5.93. The predicted molar refractivity (Wildman–Crippen MR) is 71.2 cm³/mol. The van der Waals surface area contributed by atoms with Crippen LogP contribution >= 0.6 is 0 Å². The number of fused-ring (bicyclic) bond motifs is 2. The van der Waals surface area contributed by atoms with E-state index in [2.05, 4.69) is 0 Å². The fourth-order valence-electron chi connectivity index (χ4n) is 4.58. The number of ether oxygens (including phenoxy) is 1. The third-order valence-electron chi connectivity index (χ3n) is 5.67. The molecule has 4 atom stereocenters. The largest absolute Gasteiger partial charge is 0.392 e. The van der Waals surface area contributed by atoms with Crippen LogP contribution in [-0.4, -0.2) is 30.0 Å². The molecule has 3 aliphatic rings. The van der Waals surface area contributed by atoms with Crippen molar-refractivity contribution in [3.05, 3.63) is 0 Å². The van der Waals surface area contributed by atoms with Crippen LogP contribution in [0.1, 0.15) is 57.8 Å². The molecule has 3 nitrogen and oxygen atoms in total. The zero-order valence-electron chi connectivity index (χ0n) is 11.3. The molecule has 0 spiro atoms. The standard InChI is InChI=1S/C15H27NO2/c16-10-15(9-12-7-8-13(15)18-12)14(17)11-5-3-1-2-4-6-11/h11-14,17H,1-10,16H2. The van der Waals surface area contributed by atoms with Gasteiger partial charge in [0.05, 0.1) is 18.3 Å². The quantitative estimate of drug-likeness (QED) is 0.758. The van der Waals surface area contributed by atoms with Gasteiger partial charge in [0.1, 0.15) is 0 Å².